The minimum Gasteiger partial charge on any atom is -0.497 e. The Balaban J connectivity index is 1.95. The van der Waals surface area contributed by atoms with Crippen molar-refractivity contribution in [3.8, 4) is 5.75 Å². The van der Waals surface area contributed by atoms with Crippen LogP contribution in [0.2, 0.25) is 0 Å². The molecule has 0 fully saturated rings. The van der Waals surface area contributed by atoms with Gasteiger partial charge in [-0.2, -0.15) is 0 Å². The van der Waals surface area contributed by atoms with E-state index in [4.69, 9.17) is 4.74 Å². The Morgan fingerprint density at radius 1 is 1.28 bits per heavy atom. The van der Waals surface area contributed by atoms with E-state index in [9.17, 15) is 0 Å². The zero-order valence-electron chi connectivity index (χ0n) is 10.8. The third kappa shape index (κ3) is 3.07. The van der Waals surface area contributed by atoms with Gasteiger partial charge in [0.25, 0.3) is 0 Å². The first kappa shape index (κ1) is 12.6. The van der Waals surface area contributed by atoms with Crippen LogP contribution in [0.4, 0.5) is 0 Å². The van der Waals surface area contributed by atoms with E-state index in [1.807, 2.05) is 19.2 Å². The molecule has 1 heterocycles. The Hall–Kier alpha value is -1.88. The monoisotopic (exact) mass is 246 g/mol. The molecule has 5 nitrogen and oxygen atoms in total. The SMILES string of the molecule is CNCc1nncn1CCc1ccc(OC)cc1. The van der Waals surface area contributed by atoms with E-state index in [1.165, 1.54) is 5.56 Å². The molecule has 0 aliphatic heterocycles. The fraction of sp³-hybridized carbons (Fsp3) is 0.385. The number of nitrogens with one attached hydrogen (secondary N) is 1. The summed E-state index contributed by atoms with van der Waals surface area (Å²) >= 11 is 0. The van der Waals surface area contributed by atoms with Crippen molar-refractivity contribution >= 4 is 0 Å². The lowest BCUT2D eigenvalue weighted by Gasteiger charge is -2.07. The van der Waals surface area contributed by atoms with E-state index in [0.717, 1.165) is 31.1 Å². The normalized spacial score (nSPS) is 10.6. The van der Waals surface area contributed by atoms with Crippen LogP contribution in [0.25, 0.3) is 0 Å². The fourth-order valence-electron chi connectivity index (χ4n) is 1.80. The van der Waals surface area contributed by atoms with Gasteiger partial charge in [0.1, 0.15) is 17.9 Å². The largest absolute Gasteiger partial charge is 0.497 e. The van der Waals surface area contributed by atoms with Gasteiger partial charge in [-0.1, -0.05) is 12.1 Å². The lowest BCUT2D eigenvalue weighted by atomic mass is 10.1. The molecule has 5 heteroatoms. The van der Waals surface area contributed by atoms with Crippen LogP contribution in [0.5, 0.6) is 5.75 Å². The van der Waals surface area contributed by atoms with Crippen molar-refractivity contribution in [3.05, 3.63) is 42.0 Å². The predicted molar refractivity (Wildman–Crippen MR) is 69.5 cm³/mol. The predicted octanol–water partition coefficient (Wildman–Crippen LogP) is 1.25. The van der Waals surface area contributed by atoms with Crippen LogP contribution < -0.4 is 10.1 Å². The zero-order valence-corrected chi connectivity index (χ0v) is 10.8. The molecule has 0 amide bonds. The fourth-order valence-corrected chi connectivity index (χ4v) is 1.80. The maximum atomic E-state index is 5.14. The summed E-state index contributed by atoms with van der Waals surface area (Å²) in [6.45, 7) is 1.62. The van der Waals surface area contributed by atoms with Crippen molar-refractivity contribution in [2.45, 2.75) is 19.5 Å². The van der Waals surface area contributed by atoms with E-state index >= 15 is 0 Å². The summed E-state index contributed by atoms with van der Waals surface area (Å²) < 4.78 is 7.21. The first-order valence-electron chi connectivity index (χ1n) is 5.97. The molecule has 1 aromatic heterocycles. The van der Waals surface area contributed by atoms with Gasteiger partial charge in [-0.25, -0.2) is 0 Å². The highest BCUT2D eigenvalue weighted by molar-refractivity contribution is 5.27. The topological polar surface area (TPSA) is 52.0 Å². The standard InChI is InChI=1S/C13H18N4O/c1-14-9-13-16-15-10-17(13)8-7-11-3-5-12(18-2)6-4-11/h3-6,10,14H,7-9H2,1-2H3. The zero-order chi connectivity index (χ0) is 12.8. The molecular weight excluding hydrogens is 228 g/mol. The van der Waals surface area contributed by atoms with Crippen molar-refractivity contribution < 1.29 is 4.74 Å². The van der Waals surface area contributed by atoms with Gasteiger partial charge in [0.2, 0.25) is 0 Å². The van der Waals surface area contributed by atoms with Gasteiger partial charge in [0.05, 0.1) is 13.7 Å². The maximum Gasteiger partial charge on any atom is 0.146 e. The van der Waals surface area contributed by atoms with Crippen molar-refractivity contribution in [3.63, 3.8) is 0 Å². The number of benzene rings is 1. The van der Waals surface area contributed by atoms with Gasteiger partial charge in [-0.15, -0.1) is 10.2 Å². The first-order chi connectivity index (χ1) is 8.83. The number of rotatable bonds is 6. The average molecular weight is 246 g/mol. The van der Waals surface area contributed by atoms with Crippen molar-refractivity contribution in [2.75, 3.05) is 14.2 Å². The third-order valence-electron chi connectivity index (χ3n) is 2.83. The Labute approximate surface area is 107 Å². The molecule has 1 N–H and O–H groups in total. The van der Waals surface area contributed by atoms with E-state index in [-0.39, 0.29) is 0 Å². The van der Waals surface area contributed by atoms with Gasteiger partial charge in [0, 0.05) is 6.54 Å². The second-order valence-corrected chi connectivity index (χ2v) is 4.07. The van der Waals surface area contributed by atoms with Crippen LogP contribution >= 0.6 is 0 Å². The van der Waals surface area contributed by atoms with Gasteiger partial charge < -0.3 is 14.6 Å². The molecule has 0 radical (unpaired) electrons. The Morgan fingerprint density at radius 3 is 2.72 bits per heavy atom. The van der Waals surface area contributed by atoms with Crippen molar-refractivity contribution in [1.29, 1.82) is 0 Å². The summed E-state index contributed by atoms with van der Waals surface area (Å²) in [7, 11) is 3.58. The molecular formula is C13H18N4O. The summed E-state index contributed by atoms with van der Waals surface area (Å²) in [6, 6.07) is 8.13. The lowest BCUT2D eigenvalue weighted by molar-refractivity contribution is 0.414. The van der Waals surface area contributed by atoms with Crippen LogP contribution in [-0.4, -0.2) is 28.9 Å². The van der Waals surface area contributed by atoms with Crippen LogP contribution in [0.1, 0.15) is 11.4 Å². The molecule has 0 saturated heterocycles. The van der Waals surface area contributed by atoms with Crippen LogP contribution in [-0.2, 0) is 19.5 Å². The number of ether oxygens (including phenoxy) is 1. The molecule has 0 aliphatic rings. The van der Waals surface area contributed by atoms with Gasteiger partial charge in [0.15, 0.2) is 0 Å². The molecule has 2 rings (SSSR count). The van der Waals surface area contributed by atoms with E-state index in [2.05, 4.69) is 32.2 Å². The minimum atomic E-state index is 0.739. The van der Waals surface area contributed by atoms with E-state index in [0.29, 0.717) is 0 Å². The van der Waals surface area contributed by atoms with Gasteiger partial charge in [-0.05, 0) is 31.2 Å². The highest BCUT2D eigenvalue weighted by Gasteiger charge is 2.03. The molecule has 0 spiro atoms. The number of methoxy groups -OCH3 is 1. The molecule has 0 saturated carbocycles. The average Bonchev–Trinajstić information content (AvgIpc) is 2.85. The maximum absolute atomic E-state index is 5.14. The Bertz CT molecular complexity index is 478. The van der Waals surface area contributed by atoms with Crippen LogP contribution in [0.3, 0.4) is 0 Å². The number of nitrogens with zero attached hydrogens (tertiary/aromatic N) is 3. The molecule has 0 aliphatic carbocycles. The van der Waals surface area contributed by atoms with Crippen LogP contribution in [0, 0.1) is 0 Å². The van der Waals surface area contributed by atoms with E-state index in [1.54, 1.807) is 13.4 Å². The molecule has 96 valence electrons. The van der Waals surface area contributed by atoms with Crippen molar-refractivity contribution in [1.82, 2.24) is 20.1 Å². The molecule has 2 aromatic rings. The van der Waals surface area contributed by atoms with Gasteiger partial charge in [-0.3, -0.25) is 0 Å². The second-order valence-electron chi connectivity index (χ2n) is 4.07. The number of hydrogen-bond donors (Lipinski definition) is 1. The second kappa shape index (κ2) is 6.16. The van der Waals surface area contributed by atoms with Gasteiger partial charge >= 0.3 is 0 Å². The Morgan fingerprint density at radius 2 is 2.06 bits per heavy atom. The molecule has 1 aromatic carbocycles. The first-order valence-corrected chi connectivity index (χ1v) is 5.97. The highest BCUT2D eigenvalue weighted by Crippen LogP contribution is 2.12. The van der Waals surface area contributed by atoms with E-state index < -0.39 is 0 Å². The Kier molecular flexibility index (Phi) is 4.30. The van der Waals surface area contributed by atoms with Crippen molar-refractivity contribution in [2.24, 2.45) is 0 Å². The summed E-state index contributed by atoms with van der Waals surface area (Å²) in [5, 5.41) is 11.1. The molecule has 0 atom stereocenters. The molecule has 18 heavy (non-hydrogen) atoms. The quantitative estimate of drug-likeness (QED) is 0.833. The minimum absolute atomic E-state index is 0.739. The number of aryl methyl sites for hydroxylation is 2. The molecule has 0 unspecified atom stereocenters. The van der Waals surface area contributed by atoms with Crippen LogP contribution in [0.15, 0.2) is 30.6 Å². The summed E-state index contributed by atoms with van der Waals surface area (Å²) in [4.78, 5) is 0. The smallest absolute Gasteiger partial charge is 0.146 e. The number of aromatic nitrogens is 3. The lowest BCUT2D eigenvalue weighted by Crippen LogP contribution is -2.13. The number of hydrogen-bond acceptors (Lipinski definition) is 4. The molecule has 0 bridgehead atoms. The third-order valence-corrected chi connectivity index (χ3v) is 2.83. The highest BCUT2D eigenvalue weighted by atomic mass is 16.5. The summed E-state index contributed by atoms with van der Waals surface area (Å²) in [5.41, 5.74) is 1.28. The summed E-state index contributed by atoms with van der Waals surface area (Å²) in [5.74, 6) is 1.85. The summed E-state index contributed by atoms with van der Waals surface area (Å²) in [6.07, 6.45) is 2.73.